The fraction of sp³-hybridized carbons (Fsp3) is 0.421. The molecule has 1 aliphatic rings. The van der Waals surface area contributed by atoms with E-state index in [0.717, 1.165) is 22.3 Å². The number of methoxy groups -OCH3 is 2. The SMILES string of the molecule is C=C(C)COC(=O)N1CCN(c2ncnc3cc(OC)c(OC)cc23)CC1. The molecule has 0 atom stereocenters. The van der Waals surface area contributed by atoms with Gasteiger partial charge in [0, 0.05) is 37.6 Å². The van der Waals surface area contributed by atoms with Crippen LogP contribution in [0.5, 0.6) is 11.5 Å². The van der Waals surface area contributed by atoms with Gasteiger partial charge in [-0.25, -0.2) is 14.8 Å². The summed E-state index contributed by atoms with van der Waals surface area (Å²) in [6, 6.07) is 3.72. The molecule has 0 N–H and O–H groups in total. The number of carbonyl (C=O) groups is 1. The monoisotopic (exact) mass is 372 g/mol. The maximum absolute atomic E-state index is 12.1. The number of fused-ring (bicyclic) bond motifs is 1. The molecule has 8 heteroatoms. The Bertz CT molecular complexity index is 847. The van der Waals surface area contributed by atoms with Crippen molar-refractivity contribution in [3.05, 3.63) is 30.6 Å². The number of amides is 1. The zero-order valence-electron chi connectivity index (χ0n) is 15.9. The van der Waals surface area contributed by atoms with E-state index in [1.807, 2.05) is 19.1 Å². The molecular weight excluding hydrogens is 348 g/mol. The van der Waals surface area contributed by atoms with Crippen molar-refractivity contribution < 1.29 is 19.0 Å². The number of aromatic nitrogens is 2. The Morgan fingerprint density at radius 2 is 1.78 bits per heavy atom. The van der Waals surface area contributed by atoms with Crippen LogP contribution in [0.2, 0.25) is 0 Å². The summed E-state index contributed by atoms with van der Waals surface area (Å²) in [5, 5.41) is 0.883. The lowest BCUT2D eigenvalue weighted by molar-refractivity contribution is 0.108. The average molecular weight is 372 g/mol. The van der Waals surface area contributed by atoms with Crippen LogP contribution in [0, 0.1) is 0 Å². The minimum atomic E-state index is -0.309. The van der Waals surface area contributed by atoms with Gasteiger partial charge in [-0.05, 0) is 18.6 Å². The van der Waals surface area contributed by atoms with E-state index >= 15 is 0 Å². The van der Waals surface area contributed by atoms with Gasteiger partial charge < -0.3 is 24.0 Å². The fourth-order valence-electron chi connectivity index (χ4n) is 3.00. The van der Waals surface area contributed by atoms with Gasteiger partial charge in [-0.3, -0.25) is 0 Å². The van der Waals surface area contributed by atoms with Crippen molar-refractivity contribution in [3.63, 3.8) is 0 Å². The molecule has 3 rings (SSSR count). The summed E-state index contributed by atoms with van der Waals surface area (Å²) >= 11 is 0. The minimum Gasteiger partial charge on any atom is -0.493 e. The molecule has 2 aromatic rings. The van der Waals surface area contributed by atoms with Crippen LogP contribution in [-0.2, 0) is 4.74 Å². The molecule has 0 spiro atoms. The number of ether oxygens (including phenoxy) is 3. The fourth-order valence-corrected chi connectivity index (χ4v) is 3.00. The lowest BCUT2D eigenvalue weighted by atomic mass is 10.2. The predicted octanol–water partition coefficient (Wildman–Crippen LogP) is 2.48. The van der Waals surface area contributed by atoms with Crippen molar-refractivity contribution in [1.29, 1.82) is 0 Å². The van der Waals surface area contributed by atoms with E-state index in [0.29, 0.717) is 37.7 Å². The molecule has 0 unspecified atom stereocenters. The number of rotatable bonds is 5. The maximum Gasteiger partial charge on any atom is 0.410 e. The zero-order chi connectivity index (χ0) is 19.4. The first kappa shape index (κ1) is 18.8. The van der Waals surface area contributed by atoms with Crippen LogP contribution in [0.15, 0.2) is 30.6 Å². The Labute approximate surface area is 158 Å². The summed E-state index contributed by atoms with van der Waals surface area (Å²) in [6.07, 6.45) is 1.23. The Kier molecular flexibility index (Phi) is 5.63. The van der Waals surface area contributed by atoms with Crippen LogP contribution >= 0.6 is 0 Å². The highest BCUT2D eigenvalue weighted by molar-refractivity contribution is 5.92. The summed E-state index contributed by atoms with van der Waals surface area (Å²) in [4.78, 5) is 24.7. The molecule has 1 aromatic carbocycles. The molecule has 1 aromatic heterocycles. The Hall–Kier alpha value is -3.03. The van der Waals surface area contributed by atoms with Crippen LogP contribution in [0.3, 0.4) is 0 Å². The van der Waals surface area contributed by atoms with Gasteiger partial charge in [0.05, 0.1) is 19.7 Å². The summed E-state index contributed by atoms with van der Waals surface area (Å²) in [7, 11) is 3.19. The van der Waals surface area contributed by atoms with E-state index in [9.17, 15) is 4.79 Å². The van der Waals surface area contributed by atoms with Crippen molar-refractivity contribution in [1.82, 2.24) is 14.9 Å². The molecule has 1 aliphatic heterocycles. The zero-order valence-corrected chi connectivity index (χ0v) is 15.9. The molecule has 2 heterocycles. The molecule has 1 saturated heterocycles. The number of anilines is 1. The smallest absolute Gasteiger partial charge is 0.410 e. The van der Waals surface area contributed by atoms with Crippen LogP contribution in [-0.4, -0.2) is 68.0 Å². The molecule has 0 aliphatic carbocycles. The predicted molar refractivity (Wildman–Crippen MR) is 103 cm³/mol. The molecule has 0 bridgehead atoms. The second-order valence-corrected chi connectivity index (χ2v) is 6.41. The summed E-state index contributed by atoms with van der Waals surface area (Å²) < 4.78 is 16.0. The van der Waals surface area contributed by atoms with Gasteiger partial charge in [-0.2, -0.15) is 0 Å². The third-order valence-electron chi connectivity index (χ3n) is 4.40. The van der Waals surface area contributed by atoms with E-state index in [2.05, 4.69) is 21.4 Å². The molecule has 8 nitrogen and oxygen atoms in total. The normalized spacial score (nSPS) is 14.2. The topological polar surface area (TPSA) is 77.0 Å². The quantitative estimate of drug-likeness (QED) is 0.746. The number of nitrogens with zero attached hydrogens (tertiary/aromatic N) is 4. The van der Waals surface area contributed by atoms with Crippen molar-refractivity contribution in [2.24, 2.45) is 0 Å². The highest BCUT2D eigenvalue weighted by Gasteiger charge is 2.24. The molecule has 27 heavy (non-hydrogen) atoms. The standard InChI is InChI=1S/C19H24N4O4/c1-13(2)11-27-19(24)23-7-5-22(6-8-23)18-14-9-16(25-3)17(26-4)10-15(14)20-12-21-18/h9-10,12H,1,5-8,11H2,2-4H3. The Morgan fingerprint density at radius 3 is 2.41 bits per heavy atom. The second kappa shape index (κ2) is 8.11. The van der Waals surface area contributed by atoms with Gasteiger partial charge in [-0.15, -0.1) is 0 Å². The molecule has 0 radical (unpaired) electrons. The molecule has 1 amide bonds. The molecule has 0 saturated carbocycles. The van der Waals surface area contributed by atoms with Gasteiger partial charge >= 0.3 is 6.09 Å². The third kappa shape index (κ3) is 4.05. The van der Waals surface area contributed by atoms with Gasteiger partial charge in [0.15, 0.2) is 11.5 Å². The summed E-state index contributed by atoms with van der Waals surface area (Å²) in [5.74, 6) is 2.07. The van der Waals surface area contributed by atoms with E-state index in [-0.39, 0.29) is 12.7 Å². The molecular formula is C19H24N4O4. The summed E-state index contributed by atoms with van der Waals surface area (Å²) in [5.41, 5.74) is 1.60. The first-order valence-corrected chi connectivity index (χ1v) is 8.71. The van der Waals surface area contributed by atoms with Gasteiger partial charge in [0.1, 0.15) is 18.8 Å². The number of hydrogen-bond donors (Lipinski definition) is 0. The van der Waals surface area contributed by atoms with E-state index in [4.69, 9.17) is 14.2 Å². The third-order valence-corrected chi connectivity index (χ3v) is 4.40. The number of hydrogen-bond acceptors (Lipinski definition) is 7. The lowest BCUT2D eigenvalue weighted by Gasteiger charge is -2.35. The van der Waals surface area contributed by atoms with Crippen LogP contribution in [0.25, 0.3) is 10.9 Å². The highest BCUT2D eigenvalue weighted by Crippen LogP contribution is 2.34. The van der Waals surface area contributed by atoms with Crippen LogP contribution in [0.4, 0.5) is 10.6 Å². The van der Waals surface area contributed by atoms with Crippen molar-refractivity contribution in [3.8, 4) is 11.5 Å². The largest absolute Gasteiger partial charge is 0.493 e. The highest BCUT2D eigenvalue weighted by atomic mass is 16.6. The summed E-state index contributed by atoms with van der Waals surface area (Å²) in [6.45, 7) is 8.25. The van der Waals surface area contributed by atoms with E-state index in [1.165, 1.54) is 6.33 Å². The second-order valence-electron chi connectivity index (χ2n) is 6.41. The van der Waals surface area contributed by atoms with E-state index in [1.54, 1.807) is 19.1 Å². The number of carbonyl (C=O) groups excluding carboxylic acids is 1. The number of piperazine rings is 1. The molecule has 1 fully saturated rings. The average Bonchev–Trinajstić information content (AvgIpc) is 2.70. The van der Waals surface area contributed by atoms with Gasteiger partial charge in [0.2, 0.25) is 0 Å². The number of benzene rings is 1. The van der Waals surface area contributed by atoms with Crippen LogP contribution < -0.4 is 14.4 Å². The van der Waals surface area contributed by atoms with E-state index < -0.39 is 0 Å². The molecule has 144 valence electrons. The lowest BCUT2D eigenvalue weighted by Crippen LogP contribution is -2.49. The van der Waals surface area contributed by atoms with Crippen molar-refractivity contribution in [2.45, 2.75) is 6.92 Å². The minimum absolute atomic E-state index is 0.247. The Balaban J connectivity index is 1.77. The Morgan fingerprint density at radius 1 is 1.11 bits per heavy atom. The van der Waals surface area contributed by atoms with Gasteiger partial charge in [-0.1, -0.05) is 6.58 Å². The van der Waals surface area contributed by atoms with Gasteiger partial charge in [0.25, 0.3) is 0 Å². The van der Waals surface area contributed by atoms with Crippen molar-refractivity contribution in [2.75, 3.05) is 51.9 Å². The maximum atomic E-state index is 12.1. The van der Waals surface area contributed by atoms with Crippen molar-refractivity contribution >= 4 is 22.8 Å². The first-order valence-electron chi connectivity index (χ1n) is 8.71. The van der Waals surface area contributed by atoms with Crippen LogP contribution in [0.1, 0.15) is 6.92 Å². The first-order chi connectivity index (χ1) is 13.0.